The maximum absolute atomic E-state index is 16.4. The van der Waals surface area contributed by atoms with Crippen LogP contribution >= 0.6 is 0 Å². The van der Waals surface area contributed by atoms with Gasteiger partial charge in [-0.2, -0.15) is 0 Å². The van der Waals surface area contributed by atoms with Gasteiger partial charge in [-0.05, 0) is 0 Å². The van der Waals surface area contributed by atoms with Gasteiger partial charge in [0.25, 0.3) is 0 Å². The van der Waals surface area contributed by atoms with Crippen molar-refractivity contribution >= 4 is 53.6 Å². The zero-order valence-corrected chi connectivity index (χ0v) is 44.6. The number of hydrogen-bond donors (Lipinski definition) is 0. The van der Waals surface area contributed by atoms with Crippen molar-refractivity contribution in [2.75, 3.05) is 6.61 Å². The van der Waals surface area contributed by atoms with Gasteiger partial charge in [0, 0.05) is 0 Å². The Morgan fingerprint density at radius 1 is 0.919 bits per heavy atom. The van der Waals surface area contributed by atoms with Crippen molar-refractivity contribution in [3.05, 3.63) is 95.1 Å². The standard InChI is InChI=1S/C53H79NO5SeSi2/c1-16-38(8)30-40(10)47-41(11)33-52(12)32-39(9)22-27-46(52)48(47)49(55)53(60-45-20-18-17-19-21-45)34-43(54(50(53)56)51(57)58-28-29-61(13,14)15)31-42-23-25-44(26-24-42)59-62(35(2)3,36(4)5)37(6)7/h16-21,23-26,30,33,35-37,39,43,46-48H,22,27-29,31-32,34H2,1-15H3/b38-16+,40-30+/t39-,43+,46+,47-,48+,52+,53?/m1/s1. The van der Waals surface area contributed by atoms with Gasteiger partial charge >= 0.3 is 386 Å². The second-order valence-electron chi connectivity index (χ2n) is 21.6. The molecule has 0 radical (unpaired) electrons. The van der Waals surface area contributed by atoms with Gasteiger partial charge in [-0.1, -0.05) is 0 Å². The van der Waals surface area contributed by atoms with E-state index in [1.165, 1.54) is 10.5 Å². The summed E-state index contributed by atoms with van der Waals surface area (Å²) in [7, 11) is -3.73. The predicted molar refractivity (Wildman–Crippen MR) is 265 cm³/mol. The number of ether oxygens (including phenoxy) is 1. The van der Waals surface area contributed by atoms with Gasteiger partial charge < -0.3 is 0 Å². The normalized spacial score (nSPS) is 27.5. The molecule has 9 heteroatoms. The number of ketones is 1. The molecule has 340 valence electrons. The molecule has 0 spiro atoms. The minimum atomic E-state index is -2.18. The van der Waals surface area contributed by atoms with Gasteiger partial charge in [-0.25, -0.2) is 0 Å². The van der Waals surface area contributed by atoms with Crippen LogP contribution in [-0.2, 0) is 20.7 Å². The Labute approximate surface area is 384 Å². The van der Waals surface area contributed by atoms with E-state index in [-0.39, 0.29) is 42.0 Å². The van der Waals surface area contributed by atoms with E-state index in [4.69, 9.17) is 9.16 Å². The second-order valence-corrected chi connectivity index (χ2v) is 35.5. The molecule has 2 amide bonds. The Morgan fingerprint density at radius 3 is 2.10 bits per heavy atom. The molecule has 62 heavy (non-hydrogen) atoms. The number of rotatable bonds is 16. The monoisotopic (exact) mass is 945 g/mol. The fourth-order valence-corrected chi connectivity index (χ4v) is 20.7. The third-order valence-electron chi connectivity index (χ3n) is 14.7. The molecule has 1 saturated carbocycles. The van der Waals surface area contributed by atoms with Crippen LogP contribution in [0.4, 0.5) is 4.79 Å². The Hall–Kier alpha value is -2.98. The van der Waals surface area contributed by atoms with Crippen LogP contribution in [0.2, 0.25) is 46.6 Å². The Morgan fingerprint density at radius 2 is 1.53 bits per heavy atom. The van der Waals surface area contributed by atoms with Gasteiger partial charge in [0.05, 0.1) is 0 Å². The van der Waals surface area contributed by atoms with E-state index in [2.05, 4.69) is 157 Å². The molecule has 1 unspecified atom stereocenters. The van der Waals surface area contributed by atoms with Crippen molar-refractivity contribution in [3.8, 4) is 5.75 Å². The average molecular weight is 945 g/mol. The predicted octanol–water partition coefficient (Wildman–Crippen LogP) is 13.2. The molecule has 0 aromatic heterocycles. The molecule has 6 nitrogen and oxygen atoms in total. The zero-order chi connectivity index (χ0) is 45.9. The molecule has 2 aromatic rings. The van der Waals surface area contributed by atoms with Crippen LogP contribution in [0.25, 0.3) is 0 Å². The minimum absolute atomic E-state index is 0.0176. The average Bonchev–Trinajstić information content (AvgIpc) is 3.45. The first kappa shape index (κ1) is 50.0. The van der Waals surface area contributed by atoms with Crippen LogP contribution < -0.4 is 8.89 Å². The first-order valence-electron chi connectivity index (χ1n) is 23.6. The summed E-state index contributed by atoms with van der Waals surface area (Å²) in [5, 5.41) is 0. The van der Waals surface area contributed by atoms with Crippen LogP contribution in [0, 0.1) is 29.1 Å². The summed E-state index contributed by atoms with van der Waals surface area (Å²) < 4.78 is 12.7. The van der Waals surface area contributed by atoms with Crippen LogP contribution in [0.15, 0.2) is 89.5 Å². The molecule has 3 aliphatic rings. The number of likely N-dealkylation sites (tertiary alicyclic amines) is 1. The van der Waals surface area contributed by atoms with Crippen LogP contribution in [0.1, 0.15) is 114 Å². The number of nitrogens with zero attached hydrogens (tertiary/aromatic N) is 1. The summed E-state index contributed by atoms with van der Waals surface area (Å²) in [4.78, 5) is 48.1. The summed E-state index contributed by atoms with van der Waals surface area (Å²) in [5.74, 6) is 0.594. The number of benzene rings is 2. The number of carbonyl (C=O) groups is 3. The quantitative estimate of drug-likeness (QED) is 0.0725. The van der Waals surface area contributed by atoms with Gasteiger partial charge in [0.1, 0.15) is 0 Å². The summed E-state index contributed by atoms with van der Waals surface area (Å²) in [6.45, 7) is 34.0. The fraction of sp³-hybridized carbons (Fsp3) is 0.604. The Kier molecular flexibility index (Phi) is 16.2. The Balaban J connectivity index is 1.64. The molecule has 0 N–H and O–H groups in total. The van der Waals surface area contributed by atoms with Gasteiger partial charge in [-0.3, -0.25) is 0 Å². The molecule has 1 saturated heterocycles. The number of Topliss-reactive ketones (excluding diaryl/α,β-unsaturated/α-hetero) is 1. The zero-order valence-electron chi connectivity index (χ0n) is 40.9. The van der Waals surface area contributed by atoms with E-state index in [0.29, 0.717) is 29.0 Å². The maximum atomic E-state index is 16.4. The molecule has 1 aliphatic heterocycles. The molecule has 2 fully saturated rings. The summed E-state index contributed by atoms with van der Waals surface area (Å²) in [6.07, 6.45) is 9.90. The molecular formula is C53H79NO5SeSi2. The van der Waals surface area contributed by atoms with Crippen molar-refractivity contribution in [1.29, 1.82) is 0 Å². The fourth-order valence-electron chi connectivity index (χ4n) is 11.8. The molecule has 7 atom stereocenters. The topological polar surface area (TPSA) is 72.9 Å². The third kappa shape index (κ3) is 10.6. The van der Waals surface area contributed by atoms with E-state index in [9.17, 15) is 4.79 Å². The van der Waals surface area contributed by atoms with Crippen LogP contribution in [-0.4, -0.2) is 66.7 Å². The van der Waals surface area contributed by atoms with Gasteiger partial charge in [0.15, 0.2) is 0 Å². The van der Waals surface area contributed by atoms with Gasteiger partial charge in [-0.15, -0.1) is 0 Å². The van der Waals surface area contributed by atoms with E-state index < -0.39 is 53.7 Å². The van der Waals surface area contributed by atoms with E-state index >= 15 is 9.59 Å². The van der Waals surface area contributed by atoms with E-state index in [1.54, 1.807) is 0 Å². The van der Waals surface area contributed by atoms with Crippen molar-refractivity contribution in [2.45, 2.75) is 168 Å². The molecule has 1 heterocycles. The summed E-state index contributed by atoms with van der Waals surface area (Å²) >= 11 is -0.598. The van der Waals surface area contributed by atoms with E-state index in [0.717, 1.165) is 52.2 Å². The molecule has 0 bridgehead atoms. The summed E-state index contributed by atoms with van der Waals surface area (Å²) in [5.41, 5.74) is 5.67. The number of fused-ring (bicyclic) bond motifs is 1. The number of carbonyl (C=O) groups excluding carboxylic acids is 3. The van der Waals surface area contributed by atoms with Gasteiger partial charge in [0.2, 0.25) is 0 Å². The van der Waals surface area contributed by atoms with Crippen molar-refractivity contribution in [2.24, 2.45) is 29.1 Å². The molecular weight excluding hydrogens is 866 g/mol. The SMILES string of the molecule is C/C=C(C)/C=C(\C)[C@@H]1C(C)=C[C@]2(C)C[C@H](C)CC[C@H]2[C@@H]1C(=O)C1([Se]c2ccccc2)C[C@H](Cc2ccc(O[Si](C(C)C)(C(C)C)C(C)C)cc2)N(C(=O)OCC[Si](C)(C)C)C1=O. The van der Waals surface area contributed by atoms with Crippen molar-refractivity contribution < 1.29 is 23.5 Å². The number of amides is 2. The molecule has 5 rings (SSSR count). The first-order chi connectivity index (χ1) is 29.0. The Bertz CT molecular complexity index is 1980. The van der Waals surface area contributed by atoms with Crippen LogP contribution in [0.3, 0.4) is 0 Å². The second kappa shape index (κ2) is 20.0. The van der Waals surface area contributed by atoms with E-state index in [1.807, 2.05) is 18.2 Å². The van der Waals surface area contributed by atoms with Crippen molar-refractivity contribution in [1.82, 2.24) is 4.90 Å². The number of allylic oxidation sites excluding steroid dienone is 6. The third-order valence-corrected chi connectivity index (χ3v) is 25.3. The number of hydrogen-bond acceptors (Lipinski definition) is 5. The van der Waals surface area contributed by atoms with Crippen LogP contribution in [0.5, 0.6) is 5.75 Å². The summed E-state index contributed by atoms with van der Waals surface area (Å²) in [6, 6.07) is 18.7. The molecule has 2 aliphatic carbocycles. The van der Waals surface area contributed by atoms with Crippen molar-refractivity contribution in [3.63, 3.8) is 0 Å². The molecule has 2 aromatic carbocycles. The number of imide groups is 1. The first-order valence-corrected chi connectivity index (χ1v) is 31.1.